The Labute approximate surface area is 124 Å². The van der Waals surface area contributed by atoms with Gasteiger partial charge in [-0.3, -0.25) is 9.71 Å². The summed E-state index contributed by atoms with van der Waals surface area (Å²) in [5.74, 6) is 1.32. The van der Waals surface area contributed by atoms with Crippen LogP contribution in [0.1, 0.15) is 20.3 Å². The zero-order valence-electron chi connectivity index (χ0n) is 11.9. The van der Waals surface area contributed by atoms with Crippen LogP contribution >= 0.6 is 11.9 Å². The molecule has 0 saturated heterocycles. The van der Waals surface area contributed by atoms with Gasteiger partial charge in [0.2, 0.25) is 5.96 Å². The van der Waals surface area contributed by atoms with Gasteiger partial charge in [0.25, 0.3) is 0 Å². The third-order valence-electron chi connectivity index (χ3n) is 3.04. The fourth-order valence-electron chi connectivity index (χ4n) is 1.82. The molecular formula is C14H21N5S. The fourth-order valence-corrected chi connectivity index (χ4v) is 2.47. The molecule has 0 amide bonds. The highest BCUT2D eigenvalue weighted by Crippen LogP contribution is 2.18. The molecule has 0 fully saturated rings. The van der Waals surface area contributed by atoms with E-state index in [9.17, 15) is 0 Å². The van der Waals surface area contributed by atoms with Crippen LogP contribution in [0.4, 0.5) is 5.69 Å². The number of hydrazone groups is 1. The third-order valence-corrected chi connectivity index (χ3v) is 3.83. The Morgan fingerprint density at radius 2 is 2.20 bits per heavy atom. The molecule has 1 heterocycles. The number of aliphatic imine (C=N–C) groups is 1. The molecule has 6 heteroatoms. The molecule has 0 spiro atoms. The van der Waals surface area contributed by atoms with Crippen molar-refractivity contribution < 1.29 is 0 Å². The van der Waals surface area contributed by atoms with Crippen molar-refractivity contribution in [3.05, 3.63) is 24.3 Å². The monoisotopic (exact) mass is 291 g/mol. The fraction of sp³-hybridized carbons (Fsp3) is 0.429. The normalized spacial score (nSPS) is 18.6. The van der Waals surface area contributed by atoms with Gasteiger partial charge < -0.3 is 5.73 Å². The van der Waals surface area contributed by atoms with Gasteiger partial charge in [-0.25, -0.2) is 5.01 Å². The summed E-state index contributed by atoms with van der Waals surface area (Å²) in [5.41, 5.74) is 6.45. The van der Waals surface area contributed by atoms with Crippen molar-refractivity contribution in [1.82, 2.24) is 9.73 Å². The number of nitrogen functional groups attached to an aromatic ring is 1. The number of nitrogens with two attached hydrogens (primary N) is 1. The van der Waals surface area contributed by atoms with E-state index in [1.807, 2.05) is 42.4 Å². The predicted molar refractivity (Wildman–Crippen MR) is 86.8 cm³/mol. The Hall–Kier alpha value is -1.69. The number of guanidine groups is 1. The Kier molecular flexibility index (Phi) is 5.29. The summed E-state index contributed by atoms with van der Waals surface area (Å²) in [5, 5.41) is 6.35. The molecular weight excluding hydrogens is 270 g/mol. The van der Waals surface area contributed by atoms with E-state index in [0.717, 1.165) is 36.1 Å². The average molecular weight is 291 g/mol. The highest BCUT2D eigenvalue weighted by Gasteiger charge is 2.20. The molecule has 1 aromatic carbocycles. The summed E-state index contributed by atoms with van der Waals surface area (Å²) in [4.78, 5) is 5.58. The first kappa shape index (κ1) is 14.7. The van der Waals surface area contributed by atoms with Gasteiger partial charge in [-0.05, 0) is 49.6 Å². The number of hydrogen-bond donors (Lipinski definition) is 2. The highest BCUT2D eigenvalue weighted by molar-refractivity contribution is 7.98. The van der Waals surface area contributed by atoms with Crippen LogP contribution in [-0.4, -0.2) is 30.3 Å². The lowest BCUT2D eigenvalue weighted by atomic mass is 10.1. The van der Waals surface area contributed by atoms with Crippen LogP contribution in [0.2, 0.25) is 0 Å². The van der Waals surface area contributed by atoms with Gasteiger partial charge in [0.1, 0.15) is 0 Å². The maximum atomic E-state index is 5.68. The SMILES string of the molecule is CCN=C(NSc1ccc(N)cc1)N1CC(CC)C=N1. The van der Waals surface area contributed by atoms with Crippen LogP contribution in [0.15, 0.2) is 39.3 Å². The van der Waals surface area contributed by atoms with Crippen molar-refractivity contribution in [1.29, 1.82) is 0 Å². The second-order valence-electron chi connectivity index (χ2n) is 4.59. The molecule has 1 unspecified atom stereocenters. The van der Waals surface area contributed by atoms with Gasteiger partial charge in [0, 0.05) is 29.3 Å². The molecule has 108 valence electrons. The van der Waals surface area contributed by atoms with Crippen LogP contribution in [0.25, 0.3) is 0 Å². The first-order valence-corrected chi connectivity index (χ1v) is 7.69. The van der Waals surface area contributed by atoms with Crippen molar-refractivity contribution in [2.24, 2.45) is 16.0 Å². The first-order chi connectivity index (χ1) is 9.72. The molecule has 2 rings (SSSR count). The standard InChI is InChI=1S/C14H21N5S/c1-3-11-9-17-19(10-11)14(16-4-2)18-20-13-7-5-12(15)6-8-13/h5-9,11H,3-4,10,15H2,1-2H3,(H,16,18). The molecule has 1 aliphatic heterocycles. The van der Waals surface area contributed by atoms with Crippen LogP contribution in [0, 0.1) is 5.92 Å². The lowest BCUT2D eigenvalue weighted by Crippen LogP contribution is -2.34. The highest BCUT2D eigenvalue weighted by atomic mass is 32.2. The summed E-state index contributed by atoms with van der Waals surface area (Å²) in [7, 11) is 0. The van der Waals surface area contributed by atoms with Crippen LogP contribution in [0.3, 0.4) is 0 Å². The second-order valence-corrected chi connectivity index (χ2v) is 5.47. The van der Waals surface area contributed by atoms with Gasteiger partial charge in [0.15, 0.2) is 0 Å². The lowest BCUT2D eigenvalue weighted by molar-refractivity contribution is 0.431. The van der Waals surface area contributed by atoms with Crippen molar-refractivity contribution in [3.63, 3.8) is 0 Å². The molecule has 0 radical (unpaired) electrons. The van der Waals surface area contributed by atoms with Gasteiger partial charge in [-0.1, -0.05) is 6.92 Å². The minimum absolute atomic E-state index is 0.514. The molecule has 0 aromatic heterocycles. The van der Waals surface area contributed by atoms with Crippen molar-refractivity contribution in [3.8, 4) is 0 Å². The molecule has 20 heavy (non-hydrogen) atoms. The van der Waals surface area contributed by atoms with E-state index < -0.39 is 0 Å². The number of nitrogens with zero attached hydrogens (tertiary/aromatic N) is 3. The topological polar surface area (TPSA) is 66.0 Å². The smallest absolute Gasteiger partial charge is 0.225 e. The van der Waals surface area contributed by atoms with Gasteiger partial charge in [-0.15, -0.1) is 0 Å². The molecule has 1 atom stereocenters. The summed E-state index contributed by atoms with van der Waals surface area (Å²) in [6.07, 6.45) is 3.10. The van der Waals surface area contributed by atoms with Crippen LogP contribution < -0.4 is 10.5 Å². The van der Waals surface area contributed by atoms with E-state index in [0.29, 0.717) is 5.92 Å². The molecule has 5 nitrogen and oxygen atoms in total. The molecule has 3 N–H and O–H groups in total. The molecule has 0 bridgehead atoms. The Bertz CT molecular complexity index is 483. The Morgan fingerprint density at radius 3 is 2.80 bits per heavy atom. The van der Waals surface area contributed by atoms with E-state index in [2.05, 4.69) is 21.7 Å². The summed E-state index contributed by atoms with van der Waals surface area (Å²) < 4.78 is 3.28. The van der Waals surface area contributed by atoms with Crippen molar-refractivity contribution in [2.75, 3.05) is 18.8 Å². The van der Waals surface area contributed by atoms with Gasteiger partial charge >= 0.3 is 0 Å². The number of rotatable bonds is 4. The summed E-state index contributed by atoms with van der Waals surface area (Å²) in [6.45, 7) is 5.82. The van der Waals surface area contributed by atoms with Crippen molar-refractivity contribution in [2.45, 2.75) is 25.2 Å². The average Bonchev–Trinajstić information content (AvgIpc) is 2.94. The Balaban J connectivity index is 1.95. The van der Waals surface area contributed by atoms with E-state index in [1.165, 1.54) is 11.9 Å². The van der Waals surface area contributed by atoms with E-state index in [1.54, 1.807) is 0 Å². The van der Waals surface area contributed by atoms with Crippen LogP contribution in [0.5, 0.6) is 0 Å². The maximum absolute atomic E-state index is 5.68. The molecule has 1 aliphatic rings. The summed E-state index contributed by atoms with van der Waals surface area (Å²) >= 11 is 1.52. The van der Waals surface area contributed by atoms with E-state index in [-0.39, 0.29) is 0 Å². The number of nitrogens with one attached hydrogen (secondary N) is 1. The first-order valence-electron chi connectivity index (χ1n) is 6.87. The quantitative estimate of drug-likeness (QED) is 0.387. The zero-order chi connectivity index (χ0) is 14.4. The second kappa shape index (κ2) is 7.19. The van der Waals surface area contributed by atoms with E-state index in [4.69, 9.17) is 5.73 Å². The van der Waals surface area contributed by atoms with Gasteiger partial charge in [-0.2, -0.15) is 5.10 Å². The van der Waals surface area contributed by atoms with Crippen molar-refractivity contribution >= 4 is 29.8 Å². The van der Waals surface area contributed by atoms with Crippen LogP contribution in [-0.2, 0) is 0 Å². The molecule has 0 aliphatic carbocycles. The zero-order valence-corrected chi connectivity index (χ0v) is 12.7. The maximum Gasteiger partial charge on any atom is 0.225 e. The number of anilines is 1. The third kappa shape index (κ3) is 3.90. The minimum Gasteiger partial charge on any atom is -0.399 e. The molecule has 0 saturated carbocycles. The Morgan fingerprint density at radius 1 is 1.45 bits per heavy atom. The lowest BCUT2D eigenvalue weighted by Gasteiger charge is -2.18. The molecule has 1 aromatic rings. The van der Waals surface area contributed by atoms with E-state index >= 15 is 0 Å². The summed E-state index contributed by atoms with van der Waals surface area (Å²) in [6, 6.07) is 7.75. The predicted octanol–water partition coefficient (Wildman–Crippen LogP) is 2.57. The largest absolute Gasteiger partial charge is 0.399 e. The number of hydrogen-bond acceptors (Lipinski definition) is 4. The number of benzene rings is 1. The van der Waals surface area contributed by atoms with Gasteiger partial charge in [0.05, 0.1) is 6.54 Å². The minimum atomic E-state index is 0.514.